The Balaban J connectivity index is 1.60. The Labute approximate surface area is 149 Å². The smallest absolute Gasteiger partial charge is 0.158 e. The number of Topliss-reactive ketones (excluding diaryl/α,β-unsaturated/α-hetero) is 1. The monoisotopic (exact) mass is 341 g/mol. The Morgan fingerprint density at radius 1 is 1.36 bits per heavy atom. The lowest BCUT2D eigenvalue weighted by molar-refractivity contribution is -0.167. The third kappa shape index (κ3) is 2.69. The van der Waals surface area contributed by atoms with Crippen molar-refractivity contribution in [3.63, 3.8) is 0 Å². The van der Waals surface area contributed by atoms with Crippen LogP contribution in [-0.4, -0.2) is 24.8 Å². The highest BCUT2D eigenvalue weighted by atomic mass is 16.7. The van der Waals surface area contributed by atoms with Gasteiger partial charge in [0.15, 0.2) is 5.78 Å². The minimum Gasteiger partial charge on any atom is -0.351 e. The predicted octanol–water partition coefficient (Wildman–Crippen LogP) is 4.22. The normalized spacial score (nSPS) is 38.0. The molecule has 4 heteroatoms. The number of allylic oxidation sites excluding steroid dienone is 3. The molecule has 1 heterocycles. The van der Waals surface area contributed by atoms with Crippen LogP contribution in [0.2, 0.25) is 0 Å². The van der Waals surface area contributed by atoms with Crippen molar-refractivity contribution < 1.29 is 14.3 Å². The van der Waals surface area contributed by atoms with Crippen LogP contribution in [0.15, 0.2) is 22.8 Å². The average Bonchev–Trinajstić information content (AvgIpc) is 2.98. The lowest BCUT2D eigenvalue weighted by Crippen LogP contribution is -2.43. The number of carbonyl (C=O) groups excluding carboxylic acids is 1. The van der Waals surface area contributed by atoms with E-state index in [0.717, 1.165) is 56.9 Å². The van der Waals surface area contributed by atoms with Crippen LogP contribution in [0.1, 0.15) is 64.7 Å². The summed E-state index contributed by atoms with van der Waals surface area (Å²) < 4.78 is 11.6. The molecule has 2 fully saturated rings. The van der Waals surface area contributed by atoms with E-state index in [1.165, 1.54) is 11.1 Å². The first-order valence-corrected chi connectivity index (χ1v) is 9.66. The van der Waals surface area contributed by atoms with Gasteiger partial charge in [0.2, 0.25) is 0 Å². The van der Waals surface area contributed by atoms with Crippen LogP contribution >= 0.6 is 0 Å². The van der Waals surface area contributed by atoms with Gasteiger partial charge >= 0.3 is 0 Å². The minimum atomic E-state index is -0.231. The Morgan fingerprint density at radius 3 is 3.08 bits per heavy atom. The van der Waals surface area contributed by atoms with E-state index in [-0.39, 0.29) is 16.9 Å². The number of rotatable bonds is 3. The molecule has 4 nitrogen and oxygen atoms in total. The average molecular weight is 341 g/mol. The van der Waals surface area contributed by atoms with E-state index in [4.69, 9.17) is 9.47 Å². The first kappa shape index (κ1) is 17.0. The standard InChI is InChI=1S/C21H27NO3/c1-20-10-8-19(23)17(18(20)6-5-15(20)12-22)7-11-21-9-3-2-4-16(21)13-24-14-25-21/h4,15H,2-3,5-11,13-14H2,1H3/t15-,20-,21-/m1/s1. The maximum atomic E-state index is 12.7. The molecule has 1 saturated heterocycles. The molecule has 0 N–H and O–H groups in total. The molecule has 0 bridgehead atoms. The van der Waals surface area contributed by atoms with Gasteiger partial charge in [-0.3, -0.25) is 4.79 Å². The van der Waals surface area contributed by atoms with Crippen molar-refractivity contribution in [3.05, 3.63) is 22.8 Å². The fourth-order valence-electron chi connectivity index (χ4n) is 5.47. The summed E-state index contributed by atoms with van der Waals surface area (Å²) >= 11 is 0. The van der Waals surface area contributed by atoms with E-state index in [2.05, 4.69) is 19.1 Å². The molecule has 1 aliphatic heterocycles. The molecule has 0 spiro atoms. The third-order valence-corrected chi connectivity index (χ3v) is 7.09. The maximum Gasteiger partial charge on any atom is 0.158 e. The highest BCUT2D eigenvalue weighted by Crippen LogP contribution is 2.55. The van der Waals surface area contributed by atoms with Crippen LogP contribution in [0.5, 0.6) is 0 Å². The fraction of sp³-hybridized carbons (Fsp3) is 0.714. The summed E-state index contributed by atoms with van der Waals surface area (Å²) in [6.07, 6.45) is 10.4. The van der Waals surface area contributed by atoms with Crippen LogP contribution in [0.4, 0.5) is 0 Å². The molecule has 3 atom stereocenters. The van der Waals surface area contributed by atoms with E-state index < -0.39 is 0 Å². The van der Waals surface area contributed by atoms with E-state index in [1.807, 2.05) is 0 Å². The molecule has 0 amide bonds. The molecule has 4 aliphatic rings. The number of fused-ring (bicyclic) bond motifs is 2. The summed E-state index contributed by atoms with van der Waals surface area (Å²) in [6, 6.07) is 2.49. The van der Waals surface area contributed by atoms with Gasteiger partial charge in [-0.2, -0.15) is 5.26 Å². The number of ether oxygens (including phenoxy) is 2. The summed E-state index contributed by atoms with van der Waals surface area (Å²) in [7, 11) is 0. The zero-order valence-corrected chi connectivity index (χ0v) is 15.1. The van der Waals surface area contributed by atoms with Crippen molar-refractivity contribution in [1.29, 1.82) is 5.26 Å². The quantitative estimate of drug-likeness (QED) is 0.721. The lowest BCUT2D eigenvalue weighted by atomic mass is 9.67. The summed E-state index contributed by atoms with van der Waals surface area (Å²) in [5.74, 6) is 0.365. The van der Waals surface area contributed by atoms with Gasteiger partial charge in [-0.25, -0.2) is 0 Å². The number of hydrogen-bond donors (Lipinski definition) is 0. The van der Waals surface area contributed by atoms with Gasteiger partial charge < -0.3 is 9.47 Å². The molecular weight excluding hydrogens is 314 g/mol. The Morgan fingerprint density at radius 2 is 2.24 bits per heavy atom. The topological polar surface area (TPSA) is 59.3 Å². The van der Waals surface area contributed by atoms with E-state index >= 15 is 0 Å². The SMILES string of the molecule is C[C@]12CCC(=O)C(CC[C@]34CCCC=C3COCO4)=C1CC[C@@H]2C#N. The highest BCUT2D eigenvalue weighted by molar-refractivity contribution is 5.97. The number of carbonyl (C=O) groups is 1. The first-order chi connectivity index (χ1) is 12.1. The van der Waals surface area contributed by atoms with Crippen LogP contribution in [-0.2, 0) is 14.3 Å². The van der Waals surface area contributed by atoms with Crippen LogP contribution < -0.4 is 0 Å². The van der Waals surface area contributed by atoms with Crippen LogP contribution in [0.25, 0.3) is 0 Å². The highest BCUT2D eigenvalue weighted by Gasteiger charge is 2.48. The third-order valence-electron chi connectivity index (χ3n) is 7.09. The molecule has 0 radical (unpaired) electrons. The van der Waals surface area contributed by atoms with Crippen LogP contribution in [0, 0.1) is 22.7 Å². The lowest BCUT2D eigenvalue weighted by Gasteiger charge is -2.42. The molecule has 4 rings (SSSR count). The van der Waals surface area contributed by atoms with Crippen molar-refractivity contribution in [2.24, 2.45) is 11.3 Å². The van der Waals surface area contributed by atoms with Crippen molar-refractivity contribution in [2.45, 2.75) is 70.3 Å². The van der Waals surface area contributed by atoms with Crippen LogP contribution in [0.3, 0.4) is 0 Å². The second-order valence-electron chi connectivity index (χ2n) is 8.24. The molecule has 3 aliphatic carbocycles. The molecule has 0 unspecified atom stereocenters. The predicted molar refractivity (Wildman–Crippen MR) is 93.5 cm³/mol. The molecule has 0 aromatic heterocycles. The molecule has 1 saturated carbocycles. The largest absolute Gasteiger partial charge is 0.351 e. The Hall–Kier alpha value is -1.44. The molecule has 25 heavy (non-hydrogen) atoms. The van der Waals surface area contributed by atoms with Gasteiger partial charge in [0.1, 0.15) is 6.79 Å². The van der Waals surface area contributed by atoms with Crippen molar-refractivity contribution in [1.82, 2.24) is 0 Å². The van der Waals surface area contributed by atoms with E-state index in [0.29, 0.717) is 25.6 Å². The molecular formula is C21H27NO3. The van der Waals surface area contributed by atoms with Gasteiger partial charge in [0, 0.05) is 11.8 Å². The number of nitrogens with zero attached hydrogens (tertiary/aromatic N) is 1. The molecule has 0 aromatic carbocycles. The van der Waals surface area contributed by atoms with Crippen molar-refractivity contribution >= 4 is 5.78 Å². The second kappa shape index (κ2) is 6.37. The van der Waals surface area contributed by atoms with E-state index in [1.54, 1.807) is 0 Å². The summed E-state index contributed by atoms with van der Waals surface area (Å²) in [6.45, 7) is 3.21. The van der Waals surface area contributed by atoms with Crippen molar-refractivity contribution in [2.75, 3.05) is 13.4 Å². The van der Waals surface area contributed by atoms with Gasteiger partial charge in [-0.15, -0.1) is 0 Å². The summed E-state index contributed by atoms with van der Waals surface area (Å²) in [5.41, 5.74) is 3.24. The molecule has 134 valence electrons. The second-order valence-corrected chi connectivity index (χ2v) is 8.24. The summed E-state index contributed by atoms with van der Waals surface area (Å²) in [5, 5.41) is 9.51. The van der Waals surface area contributed by atoms with Gasteiger partial charge in [0.25, 0.3) is 0 Å². The maximum absolute atomic E-state index is 12.7. The van der Waals surface area contributed by atoms with E-state index in [9.17, 15) is 10.1 Å². The summed E-state index contributed by atoms with van der Waals surface area (Å²) in [4.78, 5) is 12.7. The zero-order valence-electron chi connectivity index (χ0n) is 15.1. The fourth-order valence-corrected chi connectivity index (χ4v) is 5.47. The van der Waals surface area contributed by atoms with Gasteiger partial charge in [0.05, 0.1) is 24.2 Å². The number of hydrogen-bond acceptors (Lipinski definition) is 4. The van der Waals surface area contributed by atoms with Gasteiger partial charge in [-0.1, -0.05) is 18.6 Å². The van der Waals surface area contributed by atoms with Gasteiger partial charge in [-0.05, 0) is 62.5 Å². The first-order valence-electron chi connectivity index (χ1n) is 9.66. The zero-order chi connectivity index (χ0) is 17.5. The minimum absolute atomic E-state index is 0.0632. The number of ketones is 1. The van der Waals surface area contributed by atoms with Crippen molar-refractivity contribution in [3.8, 4) is 6.07 Å². The number of nitriles is 1. The Bertz CT molecular complexity index is 686. The Kier molecular flexibility index (Phi) is 4.33. The molecule has 0 aromatic rings.